The first-order valence-electron chi connectivity index (χ1n) is 9.63. The van der Waals surface area contributed by atoms with Crippen molar-refractivity contribution in [2.24, 2.45) is 0 Å². The molecule has 0 aliphatic carbocycles. The van der Waals surface area contributed by atoms with Crippen LogP contribution in [0, 0.1) is 0 Å². The molecule has 0 unspecified atom stereocenters. The number of likely N-dealkylation sites (tertiary alicyclic amines) is 1. The van der Waals surface area contributed by atoms with Crippen molar-refractivity contribution in [1.82, 2.24) is 9.80 Å². The van der Waals surface area contributed by atoms with Gasteiger partial charge in [0.25, 0.3) is 11.7 Å². The lowest BCUT2D eigenvalue weighted by molar-refractivity contribution is -0.140. The van der Waals surface area contributed by atoms with Gasteiger partial charge in [-0.25, -0.2) is 0 Å². The minimum Gasteiger partial charge on any atom is -0.507 e. The van der Waals surface area contributed by atoms with Crippen LogP contribution in [0.3, 0.4) is 0 Å². The number of nitrogens with zero attached hydrogens (tertiary/aromatic N) is 2. The van der Waals surface area contributed by atoms with Gasteiger partial charge in [0.1, 0.15) is 23.3 Å². The molecule has 1 aromatic heterocycles. The van der Waals surface area contributed by atoms with Crippen molar-refractivity contribution in [3.8, 4) is 5.75 Å². The smallest absolute Gasteiger partial charge is 0.295 e. The number of carbonyl (C=O) groups excluding carboxylic acids is 2. The van der Waals surface area contributed by atoms with Gasteiger partial charge < -0.3 is 24.1 Å². The molecule has 1 saturated heterocycles. The van der Waals surface area contributed by atoms with Gasteiger partial charge in [-0.2, -0.15) is 0 Å². The number of aliphatic hydroxyl groups excluding tert-OH is 1. The van der Waals surface area contributed by atoms with E-state index in [-0.39, 0.29) is 11.3 Å². The highest BCUT2D eigenvalue weighted by Crippen LogP contribution is 2.39. The molecular weight excluding hydrogens is 372 g/mol. The van der Waals surface area contributed by atoms with E-state index < -0.39 is 17.7 Å². The number of hydrogen-bond acceptors (Lipinski definition) is 6. The van der Waals surface area contributed by atoms with E-state index >= 15 is 0 Å². The molecule has 0 bridgehead atoms. The molecule has 0 spiro atoms. The Morgan fingerprint density at radius 3 is 2.69 bits per heavy atom. The van der Waals surface area contributed by atoms with Gasteiger partial charge in [0, 0.05) is 12.1 Å². The summed E-state index contributed by atoms with van der Waals surface area (Å²) < 4.78 is 11.0. The first-order valence-corrected chi connectivity index (χ1v) is 9.63. The van der Waals surface area contributed by atoms with Crippen molar-refractivity contribution >= 4 is 17.4 Å². The minimum atomic E-state index is -0.761. The molecule has 1 aliphatic heterocycles. The summed E-state index contributed by atoms with van der Waals surface area (Å²) in [6, 6.07) is 9.47. The van der Waals surface area contributed by atoms with E-state index in [4.69, 9.17) is 9.15 Å². The van der Waals surface area contributed by atoms with Crippen molar-refractivity contribution in [1.29, 1.82) is 0 Å². The second-order valence-corrected chi connectivity index (χ2v) is 7.13. The summed E-state index contributed by atoms with van der Waals surface area (Å²) in [5.74, 6) is -0.562. The van der Waals surface area contributed by atoms with Crippen molar-refractivity contribution < 1.29 is 23.8 Å². The Kier molecular flexibility index (Phi) is 6.39. The van der Waals surface area contributed by atoms with Crippen LogP contribution in [0.5, 0.6) is 5.75 Å². The van der Waals surface area contributed by atoms with Gasteiger partial charge in [-0.3, -0.25) is 9.59 Å². The van der Waals surface area contributed by atoms with E-state index in [2.05, 4.69) is 0 Å². The number of furan rings is 1. The summed E-state index contributed by atoms with van der Waals surface area (Å²) in [7, 11) is 3.90. The zero-order chi connectivity index (χ0) is 21.0. The maximum atomic E-state index is 12.9. The van der Waals surface area contributed by atoms with Gasteiger partial charge in [-0.05, 0) is 58.3 Å². The molecule has 3 rings (SSSR count). The number of hydrogen-bond donors (Lipinski definition) is 1. The van der Waals surface area contributed by atoms with Gasteiger partial charge >= 0.3 is 0 Å². The number of rotatable bonds is 8. The molecule has 0 radical (unpaired) electrons. The highest BCUT2D eigenvalue weighted by Gasteiger charge is 2.47. The summed E-state index contributed by atoms with van der Waals surface area (Å²) in [4.78, 5) is 29.1. The number of amides is 1. The van der Waals surface area contributed by atoms with Gasteiger partial charge in [0.05, 0.1) is 18.4 Å². The van der Waals surface area contributed by atoms with Crippen molar-refractivity contribution in [2.75, 3.05) is 33.8 Å². The van der Waals surface area contributed by atoms with E-state index in [1.54, 1.807) is 36.4 Å². The van der Waals surface area contributed by atoms with E-state index in [1.165, 1.54) is 11.2 Å². The molecule has 0 saturated carbocycles. The molecule has 7 heteroatoms. The Balaban J connectivity index is 2.03. The Hall–Kier alpha value is -3.06. The van der Waals surface area contributed by atoms with E-state index in [1.807, 2.05) is 25.9 Å². The van der Waals surface area contributed by atoms with Crippen LogP contribution in [0.25, 0.3) is 5.76 Å². The molecule has 2 heterocycles. The maximum absolute atomic E-state index is 12.9. The number of aliphatic hydroxyl groups is 1. The Morgan fingerprint density at radius 1 is 1.24 bits per heavy atom. The lowest BCUT2D eigenvalue weighted by Gasteiger charge is -2.24. The predicted molar refractivity (Wildman–Crippen MR) is 108 cm³/mol. The average Bonchev–Trinajstić information content (AvgIpc) is 3.30. The van der Waals surface area contributed by atoms with Crippen LogP contribution in [0.4, 0.5) is 0 Å². The molecule has 2 aromatic rings. The highest BCUT2D eigenvalue weighted by molar-refractivity contribution is 6.46. The van der Waals surface area contributed by atoms with Crippen LogP contribution in [-0.2, 0) is 9.59 Å². The van der Waals surface area contributed by atoms with Gasteiger partial charge in [-0.1, -0.05) is 12.1 Å². The molecule has 1 atom stereocenters. The van der Waals surface area contributed by atoms with Gasteiger partial charge in [0.2, 0.25) is 0 Å². The fraction of sp³-hybridized carbons (Fsp3) is 0.364. The molecule has 1 aliphatic rings. The number of ketones is 1. The lowest BCUT2D eigenvalue weighted by Crippen LogP contribution is -2.32. The minimum absolute atomic E-state index is 0.0310. The maximum Gasteiger partial charge on any atom is 0.295 e. The molecule has 154 valence electrons. The molecule has 1 fully saturated rings. The highest BCUT2D eigenvalue weighted by atomic mass is 16.5. The number of benzene rings is 1. The zero-order valence-electron chi connectivity index (χ0n) is 16.9. The van der Waals surface area contributed by atoms with Crippen molar-refractivity contribution in [3.63, 3.8) is 0 Å². The molecular formula is C22H26N2O5. The lowest BCUT2D eigenvalue weighted by atomic mass is 9.99. The SMILES string of the molecule is CCOc1cccc(C(O)=C2C(=O)C(=O)N(CCCN(C)C)[C@@H]2c2ccco2)c1. The monoisotopic (exact) mass is 398 g/mol. The fourth-order valence-corrected chi connectivity index (χ4v) is 3.47. The van der Waals surface area contributed by atoms with Crippen LogP contribution < -0.4 is 4.74 Å². The number of ether oxygens (including phenoxy) is 1. The average molecular weight is 398 g/mol. The van der Waals surface area contributed by atoms with Crippen molar-refractivity contribution in [3.05, 3.63) is 59.6 Å². The molecule has 1 aromatic carbocycles. The summed E-state index contributed by atoms with van der Waals surface area (Å²) in [5.41, 5.74) is 0.447. The Labute approximate surface area is 170 Å². The summed E-state index contributed by atoms with van der Waals surface area (Å²) in [6.45, 7) is 3.49. The largest absolute Gasteiger partial charge is 0.507 e. The van der Waals surface area contributed by atoms with Crippen LogP contribution in [0.2, 0.25) is 0 Å². The third-order valence-electron chi connectivity index (χ3n) is 4.78. The van der Waals surface area contributed by atoms with E-state index in [0.717, 1.165) is 6.54 Å². The molecule has 1 N–H and O–H groups in total. The van der Waals surface area contributed by atoms with Gasteiger partial charge in [0.15, 0.2) is 0 Å². The number of carbonyl (C=O) groups is 2. The first kappa shape index (κ1) is 20.7. The topological polar surface area (TPSA) is 83.2 Å². The summed E-state index contributed by atoms with van der Waals surface area (Å²) >= 11 is 0. The first-order chi connectivity index (χ1) is 13.9. The summed E-state index contributed by atoms with van der Waals surface area (Å²) in [5, 5.41) is 11.0. The third kappa shape index (κ3) is 4.35. The van der Waals surface area contributed by atoms with Crippen LogP contribution in [-0.4, -0.2) is 60.4 Å². The van der Waals surface area contributed by atoms with Crippen LogP contribution in [0.15, 0.2) is 52.7 Å². The quantitative estimate of drug-likeness (QED) is 0.418. The normalized spacial score (nSPS) is 18.6. The second kappa shape index (κ2) is 8.96. The molecule has 1 amide bonds. The third-order valence-corrected chi connectivity index (χ3v) is 4.78. The molecule has 29 heavy (non-hydrogen) atoms. The van der Waals surface area contributed by atoms with Crippen molar-refractivity contribution in [2.45, 2.75) is 19.4 Å². The Morgan fingerprint density at radius 2 is 2.03 bits per heavy atom. The van der Waals surface area contributed by atoms with E-state index in [9.17, 15) is 14.7 Å². The predicted octanol–water partition coefficient (Wildman–Crippen LogP) is 3.05. The molecule has 7 nitrogen and oxygen atoms in total. The van der Waals surface area contributed by atoms with Crippen LogP contribution in [0.1, 0.15) is 30.7 Å². The second-order valence-electron chi connectivity index (χ2n) is 7.13. The number of Topliss-reactive ketones (excluding diaryl/α,β-unsaturated/α-hetero) is 1. The summed E-state index contributed by atoms with van der Waals surface area (Å²) in [6.07, 6.45) is 2.18. The van der Waals surface area contributed by atoms with Crippen LogP contribution >= 0.6 is 0 Å². The zero-order valence-corrected chi connectivity index (χ0v) is 16.9. The standard InChI is InChI=1S/C22H26N2O5/c1-4-28-16-9-5-8-15(14-16)20(25)18-19(17-10-6-13-29-17)24(22(27)21(18)26)12-7-11-23(2)3/h5-6,8-10,13-14,19,25H,4,7,11-12H2,1-3H3/t19-/m1/s1. The van der Waals surface area contributed by atoms with Gasteiger partial charge in [-0.15, -0.1) is 0 Å². The Bertz CT molecular complexity index is 902. The van der Waals surface area contributed by atoms with E-state index in [0.29, 0.717) is 36.6 Å². The fourth-order valence-electron chi connectivity index (χ4n) is 3.47.